The molecule has 0 atom stereocenters. The van der Waals surface area contributed by atoms with Crippen molar-refractivity contribution in [2.24, 2.45) is 0 Å². The summed E-state index contributed by atoms with van der Waals surface area (Å²) >= 11 is 0. The third-order valence-corrected chi connectivity index (χ3v) is 1.87. The van der Waals surface area contributed by atoms with E-state index in [1.807, 2.05) is 24.3 Å². The Bertz CT molecular complexity index is 327. The first-order valence-corrected chi connectivity index (χ1v) is 4.65. The summed E-state index contributed by atoms with van der Waals surface area (Å²) in [6.07, 6.45) is 1.97. The number of esters is 1. The third kappa shape index (κ3) is 3.85. The molecule has 0 saturated heterocycles. The molecule has 0 aromatic heterocycles. The SMILES string of the molecule is C=CCOc1ccc(CC(=O)OC)cc1. The molecule has 15 heavy (non-hydrogen) atoms. The van der Waals surface area contributed by atoms with Crippen LogP contribution >= 0.6 is 0 Å². The number of ether oxygens (including phenoxy) is 2. The normalized spacial score (nSPS) is 9.40. The molecule has 1 rings (SSSR count). The molecule has 0 aliphatic heterocycles. The lowest BCUT2D eigenvalue weighted by atomic mass is 10.1. The number of hydrogen-bond acceptors (Lipinski definition) is 3. The van der Waals surface area contributed by atoms with Crippen molar-refractivity contribution in [1.29, 1.82) is 0 Å². The van der Waals surface area contributed by atoms with Gasteiger partial charge in [-0.2, -0.15) is 0 Å². The molecular weight excluding hydrogens is 192 g/mol. The van der Waals surface area contributed by atoms with E-state index in [4.69, 9.17) is 4.74 Å². The Morgan fingerprint density at radius 2 is 2.07 bits per heavy atom. The zero-order valence-electron chi connectivity index (χ0n) is 8.73. The maximum absolute atomic E-state index is 11.0. The quantitative estimate of drug-likeness (QED) is 0.545. The van der Waals surface area contributed by atoms with Gasteiger partial charge in [0.2, 0.25) is 0 Å². The standard InChI is InChI=1S/C12H14O3/c1-3-8-15-11-6-4-10(5-7-11)9-12(13)14-2/h3-7H,1,8-9H2,2H3. The minimum Gasteiger partial charge on any atom is -0.490 e. The molecule has 0 bridgehead atoms. The highest BCUT2D eigenvalue weighted by atomic mass is 16.5. The molecule has 0 N–H and O–H groups in total. The fourth-order valence-electron chi connectivity index (χ4n) is 1.10. The highest BCUT2D eigenvalue weighted by molar-refractivity contribution is 5.72. The van der Waals surface area contributed by atoms with Crippen molar-refractivity contribution in [3.63, 3.8) is 0 Å². The van der Waals surface area contributed by atoms with E-state index in [-0.39, 0.29) is 12.4 Å². The molecule has 0 heterocycles. The molecule has 3 heteroatoms. The summed E-state index contributed by atoms with van der Waals surface area (Å²) in [5.41, 5.74) is 0.910. The Balaban J connectivity index is 2.55. The summed E-state index contributed by atoms with van der Waals surface area (Å²) < 4.78 is 9.87. The van der Waals surface area contributed by atoms with Gasteiger partial charge in [0.1, 0.15) is 12.4 Å². The molecule has 0 aliphatic carbocycles. The van der Waals surface area contributed by atoms with Crippen LogP contribution in [0.15, 0.2) is 36.9 Å². The summed E-state index contributed by atoms with van der Waals surface area (Å²) in [4.78, 5) is 11.0. The minimum atomic E-state index is -0.241. The zero-order chi connectivity index (χ0) is 11.1. The predicted molar refractivity (Wildman–Crippen MR) is 57.9 cm³/mol. The average molecular weight is 206 g/mol. The molecule has 80 valence electrons. The van der Waals surface area contributed by atoms with Crippen molar-refractivity contribution < 1.29 is 14.3 Å². The highest BCUT2D eigenvalue weighted by Gasteiger charge is 2.02. The van der Waals surface area contributed by atoms with Crippen LogP contribution in [0.3, 0.4) is 0 Å². The van der Waals surface area contributed by atoms with Crippen molar-refractivity contribution in [3.05, 3.63) is 42.5 Å². The largest absolute Gasteiger partial charge is 0.490 e. The van der Waals surface area contributed by atoms with Gasteiger partial charge in [-0.1, -0.05) is 24.8 Å². The summed E-state index contributed by atoms with van der Waals surface area (Å²) in [5.74, 6) is 0.526. The Kier molecular flexibility index (Phi) is 4.41. The number of carbonyl (C=O) groups excluding carboxylic acids is 1. The lowest BCUT2D eigenvalue weighted by molar-refractivity contribution is -0.139. The number of methoxy groups -OCH3 is 1. The van der Waals surface area contributed by atoms with E-state index in [2.05, 4.69) is 11.3 Å². The van der Waals surface area contributed by atoms with E-state index < -0.39 is 0 Å². The molecule has 1 aromatic rings. The fraction of sp³-hybridized carbons (Fsp3) is 0.250. The molecule has 0 radical (unpaired) electrons. The molecule has 0 fully saturated rings. The first-order valence-electron chi connectivity index (χ1n) is 4.65. The minimum absolute atomic E-state index is 0.241. The van der Waals surface area contributed by atoms with Crippen LogP contribution in [0, 0.1) is 0 Å². The van der Waals surface area contributed by atoms with Gasteiger partial charge in [-0.25, -0.2) is 0 Å². The topological polar surface area (TPSA) is 35.5 Å². The van der Waals surface area contributed by atoms with E-state index in [1.165, 1.54) is 7.11 Å². The Hall–Kier alpha value is -1.77. The summed E-state index contributed by atoms with van der Waals surface area (Å²) in [7, 11) is 1.38. The van der Waals surface area contributed by atoms with E-state index in [9.17, 15) is 4.79 Å². The second-order valence-corrected chi connectivity index (χ2v) is 3.00. The van der Waals surface area contributed by atoms with Crippen LogP contribution in [-0.4, -0.2) is 19.7 Å². The fourth-order valence-corrected chi connectivity index (χ4v) is 1.10. The number of rotatable bonds is 5. The smallest absolute Gasteiger partial charge is 0.309 e. The second-order valence-electron chi connectivity index (χ2n) is 3.00. The van der Waals surface area contributed by atoms with Crippen LogP contribution in [0.25, 0.3) is 0 Å². The van der Waals surface area contributed by atoms with Gasteiger partial charge in [0.05, 0.1) is 13.5 Å². The van der Waals surface area contributed by atoms with E-state index in [1.54, 1.807) is 6.08 Å². The van der Waals surface area contributed by atoms with Gasteiger partial charge in [0.25, 0.3) is 0 Å². The predicted octanol–water partition coefficient (Wildman–Crippen LogP) is 1.97. The maximum Gasteiger partial charge on any atom is 0.309 e. The first-order chi connectivity index (χ1) is 7.26. The molecule has 0 aliphatic rings. The van der Waals surface area contributed by atoms with E-state index >= 15 is 0 Å². The number of hydrogen-bond donors (Lipinski definition) is 0. The maximum atomic E-state index is 11.0. The van der Waals surface area contributed by atoms with Crippen LogP contribution in [0.5, 0.6) is 5.75 Å². The second kappa shape index (κ2) is 5.86. The lowest BCUT2D eigenvalue weighted by Crippen LogP contribution is -2.04. The number of carbonyl (C=O) groups is 1. The van der Waals surface area contributed by atoms with Gasteiger partial charge in [0, 0.05) is 0 Å². The van der Waals surface area contributed by atoms with E-state index in [0.717, 1.165) is 11.3 Å². The third-order valence-electron chi connectivity index (χ3n) is 1.87. The molecular formula is C12H14O3. The summed E-state index contributed by atoms with van der Waals surface area (Å²) in [5, 5.41) is 0. The monoisotopic (exact) mass is 206 g/mol. The van der Waals surface area contributed by atoms with Gasteiger partial charge in [-0.15, -0.1) is 0 Å². The van der Waals surface area contributed by atoms with Crippen LogP contribution in [-0.2, 0) is 16.0 Å². The van der Waals surface area contributed by atoms with Gasteiger partial charge >= 0.3 is 5.97 Å². The lowest BCUT2D eigenvalue weighted by Gasteiger charge is -2.04. The van der Waals surface area contributed by atoms with Crippen LogP contribution < -0.4 is 4.74 Å². The Labute approximate surface area is 89.3 Å². The summed E-state index contributed by atoms with van der Waals surface area (Å²) in [6, 6.07) is 7.33. The van der Waals surface area contributed by atoms with Crippen LogP contribution in [0.1, 0.15) is 5.56 Å². The van der Waals surface area contributed by atoms with E-state index in [0.29, 0.717) is 6.61 Å². The molecule has 0 amide bonds. The molecule has 0 unspecified atom stereocenters. The van der Waals surface area contributed by atoms with Gasteiger partial charge in [-0.05, 0) is 17.7 Å². The molecule has 0 saturated carbocycles. The Morgan fingerprint density at radius 3 is 2.60 bits per heavy atom. The average Bonchev–Trinajstić information content (AvgIpc) is 2.28. The Morgan fingerprint density at radius 1 is 1.40 bits per heavy atom. The van der Waals surface area contributed by atoms with Crippen molar-refractivity contribution >= 4 is 5.97 Å². The summed E-state index contributed by atoms with van der Waals surface area (Å²) in [6.45, 7) is 4.04. The van der Waals surface area contributed by atoms with Crippen molar-refractivity contribution in [2.75, 3.05) is 13.7 Å². The van der Waals surface area contributed by atoms with Crippen LogP contribution in [0.4, 0.5) is 0 Å². The van der Waals surface area contributed by atoms with Crippen LogP contribution in [0.2, 0.25) is 0 Å². The molecule has 3 nitrogen and oxygen atoms in total. The highest BCUT2D eigenvalue weighted by Crippen LogP contribution is 2.12. The van der Waals surface area contributed by atoms with Crippen molar-refractivity contribution in [1.82, 2.24) is 0 Å². The van der Waals surface area contributed by atoms with Gasteiger partial charge in [-0.3, -0.25) is 4.79 Å². The van der Waals surface area contributed by atoms with Gasteiger partial charge in [0.15, 0.2) is 0 Å². The number of benzene rings is 1. The molecule has 0 spiro atoms. The van der Waals surface area contributed by atoms with Crippen molar-refractivity contribution in [2.45, 2.75) is 6.42 Å². The van der Waals surface area contributed by atoms with Gasteiger partial charge < -0.3 is 9.47 Å². The molecule has 1 aromatic carbocycles. The zero-order valence-corrected chi connectivity index (χ0v) is 8.73. The first kappa shape index (κ1) is 11.3. The van der Waals surface area contributed by atoms with Crippen molar-refractivity contribution in [3.8, 4) is 5.75 Å².